The molecule has 6 atom stereocenters. The van der Waals surface area contributed by atoms with E-state index in [-0.39, 0.29) is 5.41 Å². The molecular weight excluding hydrogens is 356 g/mol. The largest absolute Gasteiger partial charge is 0.497 e. The first kappa shape index (κ1) is 19.6. The minimum atomic E-state index is 0.138. The average Bonchev–Trinajstić information content (AvgIpc) is 3.02. The van der Waals surface area contributed by atoms with Crippen molar-refractivity contribution in [2.75, 3.05) is 12.5 Å². The van der Waals surface area contributed by atoms with Crippen LogP contribution in [0.4, 0.5) is 0 Å². The number of carbonyl (C=O) groups excluding carboxylic acids is 1. The SMILES string of the molecule is CC[C@H]1CC[C@H]2[C@@H]3CC(C=O)=C4C=C(OCCCl)CC[C@]4(C)[C@H]3CC[C@]12C. The van der Waals surface area contributed by atoms with Gasteiger partial charge in [-0.25, -0.2) is 0 Å². The van der Waals surface area contributed by atoms with E-state index in [1.807, 2.05) is 0 Å². The number of hydrogen-bond donors (Lipinski definition) is 0. The average molecular weight is 391 g/mol. The molecule has 150 valence electrons. The van der Waals surface area contributed by atoms with Gasteiger partial charge in [-0.3, -0.25) is 4.79 Å². The second-order valence-electron chi connectivity index (χ2n) is 9.93. The van der Waals surface area contributed by atoms with Crippen LogP contribution in [0.2, 0.25) is 0 Å². The molecule has 0 aromatic rings. The Morgan fingerprint density at radius 1 is 1.22 bits per heavy atom. The molecule has 0 aromatic heterocycles. The smallest absolute Gasteiger partial charge is 0.146 e. The van der Waals surface area contributed by atoms with Crippen LogP contribution in [0.25, 0.3) is 0 Å². The van der Waals surface area contributed by atoms with Crippen molar-refractivity contribution in [3.8, 4) is 0 Å². The van der Waals surface area contributed by atoms with Crippen molar-refractivity contribution in [3.63, 3.8) is 0 Å². The molecule has 4 rings (SSSR count). The normalized spacial score (nSPS) is 43.5. The van der Waals surface area contributed by atoms with Crippen LogP contribution in [-0.4, -0.2) is 18.8 Å². The molecule has 0 N–H and O–H groups in total. The Hall–Kier alpha value is -0.760. The highest BCUT2D eigenvalue weighted by Crippen LogP contribution is 2.67. The lowest BCUT2D eigenvalue weighted by molar-refractivity contribution is -0.106. The van der Waals surface area contributed by atoms with Gasteiger partial charge in [-0.05, 0) is 90.2 Å². The van der Waals surface area contributed by atoms with Crippen LogP contribution in [0.15, 0.2) is 23.0 Å². The van der Waals surface area contributed by atoms with Crippen LogP contribution in [-0.2, 0) is 9.53 Å². The molecule has 0 saturated heterocycles. The fraction of sp³-hybridized carbons (Fsp3) is 0.792. The number of fused-ring (bicyclic) bond motifs is 5. The van der Waals surface area contributed by atoms with E-state index in [9.17, 15) is 4.79 Å². The summed E-state index contributed by atoms with van der Waals surface area (Å²) in [5.74, 6) is 4.62. The first-order valence-electron chi connectivity index (χ1n) is 11.1. The maximum absolute atomic E-state index is 12.1. The lowest BCUT2D eigenvalue weighted by Crippen LogP contribution is -2.50. The highest BCUT2D eigenvalue weighted by atomic mass is 35.5. The van der Waals surface area contributed by atoms with E-state index in [1.54, 1.807) is 0 Å². The maximum Gasteiger partial charge on any atom is 0.146 e. The lowest BCUT2D eigenvalue weighted by atomic mass is 9.47. The molecule has 0 unspecified atom stereocenters. The van der Waals surface area contributed by atoms with Gasteiger partial charge in [0.2, 0.25) is 0 Å². The third kappa shape index (κ3) is 2.93. The Labute approximate surface area is 169 Å². The van der Waals surface area contributed by atoms with Crippen LogP contribution in [0.5, 0.6) is 0 Å². The van der Waals surface area contributed by atoms with E-state index in [1.165, 1.54) is 37.7 Å². The molecule has 3 heteroatoms. The van der Waals surface area contributed by atoms with E-state index in [0.717, 1.165) is 54.6 Å². The van der Waals surface area contributed by atoms with Crippen molar-refractivity contribution in [1.29, 1.82) is 0 Å². The summed E-state index contributed by atoms with van der Waals surface area (Å²) < 4.78 is 5.85. The Bertz CT molecular complexity index is 665. The minimum Gasteiger partial charge on any atom is -0.497 e. The molecule has 4 aliphatic rings. The number of allylic oxidation sites excluding steroid dienone is 4. The molecule has 2 nitrogen and oxygen atoms in total. The van der Waals surface area contributed by atoms with Gasteiger partial charge in [0.25, 0.3) is 0 Å². The topological polar surface area (TPSA) is 26.3 Å². The standard InChI is InChI=1S/C24H35ClO2/c1-4-17-5-6-20-19-13-16(15-26)22-14-18(27-12-11-25)7-9-24(22,3)21(19)8-10-23(17,20)2/h14-15,17,19-21H,4-13H2,1-3H3/t17-,19-,20-,21-,23+,24+/m0/s1. The second-order valence-corrected chi connectivity index (χ2v) is 10.3. The molecule has 2 fully saturated rings. The maximum atomic E-state index is 12.1. The number of carbonyl (C=O) groups is 1. The van der Waals surface area contributed by atoms with Crippen molar-refractivity contribution in [3.05, 3.63) is 23.0 Å². The van der Waals surface area contributed by atoms with Crippen molar-refractivity contribution < 1.29 is 9.53 Å². The van der Waals surface area contributed by atoms with Crippen molar-refractivity contribution >= 4 is 17.9 Å². The van der Waals surface area contributed by atoms with Crippen LogP contribution in [0, 0.1) is 34.5 Å². The minimum absolute atomic E-state index is 0.138. The highest BCUT2D eigenvalue weighted by Gasteiger charge is 2.58. The predicted octanol–water partition coefficient (Wildman–Crippen LogP) is 6.29. The quantitative estimate of drug-likeness (QED) is 0.407. The van der Waals surface area contributed by atoms with Gasteiger partial charge < -0.3 is 4.74 Å². The monoisotopic (exact) mass is 390 g/mol. The van der Waals surface area contributed by atoms with Crippen molar-refractivity contribution in [2.24, 2.45) is 34.5 Å². The molecule has 0 radical (unpaired) electrons. The molecule has 0 aliphatic heterocycles. The molecule has 27 heavy (non-hydrogen) atoms. The molecule has 0 bridgehead atoms. The van der Waals surface area contributed by atoms with Gasteiger partial charge in [-0.15, -0.1) is 11.6 Å². The Morgan fingerprint density at radius 2 is 2.04 bits per heavy atom. The van der Waals surface area contributed by atoms with Crippen LogP contribution in [0.1, 0.15) is 72.1 Å². The molecule has 0 heterocycles. The fourth-order valence-electron chi connectivity index (χ4n) is 7.66. The zero-order chi connectivity index (χ0) is 19.2. The Kier molecular flexibility index (Phi) is 5.25. The third-order valence-electron chi connectivity index (χ3n) is 9.06. The first-order valence-corrected chi connectivity index (χ1v) is 11.6. The molecule has 0 amide bonds. The fourth-order valence-corrected chi connectivity index (χ4v) is 7.74. The second kappa shape index (κ2) is 7.25. The van der Waals surface area contributed by atoms with Crippen molar-refractivity contribution in [1.82, 2.24) is 0 Å². The van der Waals surface area contributed by atoms with Crippen molar-refractivity contribution in [2.45, 2.75) is 72.1 Å². The van der Waals surface area contributed by atoms with E-state index in [4.69, 9.17) is 16.3 Å². The number of alkyl halides is 1. The van der Waals surface area contributed by atoms with Crippen LogP contribution >= 0.6 is 11.6 Å². The summed E-state index contributed by atoms with van der Waals surface area (Å²) in [6.45, 7) is 7.93. The van der Waals surface area contributed by atoms with Gasteiger partial charge in [0.1, 0.15) is 12.9 Å². The number of aldehydes is 1. The highest BCUT2D eigenvalue weighted by molar-refractivity contribution is 6.17. The Morgan fingerprint density at radius 3 is 2.74 bits per heavy atom. The summed E-state index contributed by atoms with van der Waals surface area (Å²) in [6.07, 6.45) is 13.2. The summed E-state index contributed by atoms with van der Waals surface area (Å²) >= 11 is 5.80. The number of hydrogen-bond acceptors (Lipinski definition) is 2. The molecule has 0 aromatic carbocycles. The molecule has 2 saturated carbocycles. The summed E-state index contributed by atoms with van der Waals surface area (Å²) in [5.41, 5.74) is 2.97. The van der Waals surface area contributed by atoms with Gasteiger partial charge >= 0.3 is 0 Å². The summed E-state index contributed by atoms with van der Waals surface area (Å²) in [6, 6.07) is 0. The zero-order valence-electron chi connectivity index (χ0n) is 17.2. The van der Waals surface area contributed by atoms with E-state index < -0.39 is 0 Å². The van der Waals surface area contributed by atoms with Gasteiger partial charge in [0, 0.05) is 6.42 Å². The number of ether oxygens (including phenoxy) is 1. The Balaban J connectivity index is 1.70. The summed E-state index contributed by atoms with van der Waals surface area (Å²) in [4.78, 5) is 12.1. The van der Waals surface area contributed by atoms with E-state index >= 15 is 0 Å². The van der Waals surface area contributed by atoms with Gasteiger partial charge in [0.05, 0.1) is 11.6 Å². The summed E-state index contributed by atoms with van der Waals surface area (Å²) in [5, 5.41) is 0. The van der Waals surface area contributed by atoms with Crippen LogP contribution < -0.4 is 0 Å². The number of rotatable bonds is 5. The predicted molar refractivity (Wildman–Crippen MR) is 111 cm³/mol. The van der Waals surface area contributed by atoms with Gasteiger partial charge in [-0.2, -0.15) is 0 Å². The van der Waals surface area contributed by atoms with Crippen LogP contribution in [0.3, 0.4) is 0 Å². The van der Waals surface area contributed by atoms with Gasteiger partial charge in [0.15, 0.2) is 0 Å². The first-order chi connectivity index (χ1) is 13.0. The third-order valence-corrected chi connectivity index (χ3v) is 9.22. The molecular formula is C24H35ClO2. The molecule has 0 spiro atoms. The number of halogens is 1. The molecule has 4 aliphatic carbocycles. The van der Waals surface area contributed by atoms with E-state index in [2.05, 4.69) is 26.8 Å². The van der Waals surface area contributed by atoms with Gasteiger partial charge in [-0.1, -0.05) is 27.2 Å². The van der Waals surface area contributed by atoms with E-state index in [0.29, 0.717) is 23.8 Å². The zero-order valence-corrected chi connectivity index (χ0v) is 18.0. The summed E-state index contributed by atoms with van der Waals surface area (Å²) in [7, 11) is 0. The lowest BCUT2D eigenvalue weighted by Gasteiger charge is -2.57.